The molecule has 0 aliphatic carbocycles. The number of aliphatic hydroxyl groups is 1. The van der Waals surface area contributed by atoms with Crippen molar-refractivity contribution in [3.8, 4) is 27.4 Å². The molecule has 2 aliphatic heterocycles. The fourth-order valence-electron chi connectivity index (χ4n) is 8.75. The number of anilines is 3. The average molecular weight is 1030 g/mol. The van der Waals surface area contributed by atoms with E-state index in [9.17, 15) is 29.1 Å². The number of fused-ring (bicyclic) bond motifs is 1. The van der Waals surface area contributed by atoms with E-state index in [1.165, 1.54) is 22.2 Å². The number of carbonyl (C=O) groups is 5. The summed E-state index contributed by atoms with van der Waals surface area (Å²) >= 11 is 1.56. The Labute approximate surface area is 432 Å². The van der Waals surface area contributed by atoms with Crippen LogP contribution in [0.5, 0.6) is 5.75 Å². The molecule has 8 rings (SSSR count). The summed E-state index contributed by atoms with van der Waals surface area (Å²) in [7, 11) is 3.49. The first kappa shape index (κ1) is 52.7. The largest absolute Gasteiger partial charge is 0.481 e. The molecule has 2 aliphatic rings. The second kappa shape index (κ2) is 22.6. The summed E-state index contributed by atoms with van der Waals surface area (Å²) < 4.78 is 12.8. The van der Waals surface area contributed by atoms with Crippen LogP contribution in [0.15, 0.2) is 79.2 Å². The first-order chi connectivity index (χ1) is 35.3. The summed E-state index contributed by atoms with van der Waals surface area (Å²) in [4.78, 5) is 101. The maximum absolute atomic E-state index is 14.1. The Morgan fingerprint density at radius 1 is 0.932 bits per heavy atom. The molecule has 0 spiro atoms. The summed E-state index contributed by atoms with van der Waals surface area (Å²) in [6.45, 7) is 12.1. The van der Waals surface area contributed by atoms with Crippen LogP contribution in [-0.4, -0.2) is 156 Å². The molecule has 0 bridgehead atoms. The number of hydrogen-bond donors (Lipinski definition) is 4. The number of aryl methyl sites for hydroxylation is 1. The van der Waals surface area contributed by atoms with Gasteiger partial charge in [-0.3, -0.25) is 38.9 Å². The minimum atomic E-state index is -1.03. The molecule has 74 heavy (non-hydrogen) atoms. The summed E-state index contributed by atoms with van der Waals surface area (Å²) in [5, 5.41) is 19.2. The van der Waals surface area contributed by atoms with E-state index in [-0.39, 0.29) is 49.9 Å². The number of aromatic nitrogens is 7. The predicted molar refractivity (Wildman–Crippen MR) is 277 cm³/mol. The second-order valence-electron chi connectivity index (χ2n) is 19.9. The number of thiazole rings is 1. The molecule has 7 heterocycles. The highest BCUT2D eigenvalue weighted by Crippen LogP contribution is 2.29. The van der Waals surface area contributed by atoms with Crippen molar-refractivity contribution in [2.45, 2.75) is 91.3 Å². The first-order valence-electron chi connectivity index (χ1n) is 24.3. The molecule has 0 saturated carbocycles. The van der Waals surface area contributed by atoms with Gasteiger partial charge in [-0.1, -0.05) is 45.0 Å². The third-order valence-corrected chi connectivity index (χ3v) is 13.8. The van der Waals surface area contributed by atoms with Gasteiger partial charge in [-0.25, -0.2) is 24.7 Å². The highest BCUT2D eigenvalue weighted by atomic mass is 32.1. The second-order valence-corrected chi connectivity index (χ2v) is 20.7. The molecule has 2 saturated heterocycles. The lowest BCUT2D eigenvalue weighted by molar-refractivity contribution is -0.144. The molecule has 22 nitrogen and oxygen atoms in total. The Kier molecular flexibility index (Phi) is 16.1. The number of pyridine rings is 1. The molecule has 0 radical (unpaired) electrons. The van der Waals surface area contributed by atoms with Gasteiger partial charge in [0.1, 0.15) is 12.1 Å². The van der Waals surface area contributed by atoms with Crippen LogP contribution in [0.25, 0.3) is 27.3 Å². The van der Waals surface area contributed by atoms with Crippen LogP contribution in [0.4, 0.5) is 22.2 Å². The predicted octanol–water partition coefficient (Wildman–Crippen LogP) is 4.33. The first-order valence-corrected chi connectivity index (χ1v) is 25.2. The zero-order chi connectivity index (χ0) is 52.8. The number of likely N-dealkylation sites (tertiary alicyclic amines) is 1. The molecular weight excluding hydrogens is 969 g/mol. The molecule has 5 amide bonds. The summed E-state index contributed by atoms with van der Waals surface area (Å²) in [5.41, 5.74) is 6.25. The van der Waals surface area contributed by atoms with Crippen LogP contribution < -0.4 is 30.5 Å². The van der Waals surface area contributed by atoms with Crippen molar-refractivity contribution < 1.29 is 38.6 Å². The van der Waals surface area contributed by atoms with Crippen molar-refractivity contribution >= 4 is 64.2 Å². The van der Waals surface area contributed by atoms with E-state index in [0.717, 1.165) is 28.1 Å². The number of hydrogen-bond acceptors (Lipinski definition) is 17. The number of amides is 5. The van der Waals surface area contributed by atoms with Gasteiger partial charge in [0.25, 0.3) is 5.91 Å². The van der Waals surface area contributed by atoms with Gasteiger partial charge in [-0.05, 0) is 56.8 Å². The highest BCUT2D eigenvalue weighted by Gasteiger charge is 2.44. The maximum Gasteiger partial charge on any atom is 0.414 e. The minimum absolute atomic E-state index is 0.0296. The number of nitrogens with zero attached hydrogens (tertiary/aromatic N) is 11. The molecule has 5 aromatic heterocycles. The summed E-state index contributed by atoms with van der Waals surface area (Å²) in [5.74, 6) is -0.600. The van der Waals surface area contributed by atoms with Gasteiger partial charge in [-0.2, -0.15) is 0 Å². The number of rotatable bonds is 17. The Bertz CT molecular complexity index is 2980. The van der Waals surface area contributed by atoms with Gasteiger partial charge in [0.15, 0.2) is 23.8 Å². The molecule has 6 aromatic rings. The molecule has 4 N–H and O–H groups in total. The fraction of sp³-hybridized carbons (Fsp3) is 0.431. The van der Waals surface area contributed by atoms with Gasteiger partial charge in [-0.15, -0.1) is 11.3 Å². The van der Waals surface area contributed by atoms with Gasteiger partial charge >= 0.3 is 6.09 Å². The number of aliphatic hydroxyl groups excluding tert-OH is 1. The number of benzene rings is 1. The Morgan fingerprint density at radius 2 is 1.69 bits per heavy atom. The van der Waals surface area contributed by atoms with Crippen LogP contribution in [0.2, 0.25) is 0 Å². The fourth-order valence-corrected chi connectivity index (χ4v) is 9.56. The van der Waals surface area contributed by atoms with Crippen LogP contribution in [0.1, 0.15) is 58.7 Å². The lowest BCUT2D eigenvalue weighted by atomic mass is 9.85. The van der Waals surface area contributed by atoms with E-state index in [4.69, 9.17) is 9.47 Å². The van der Waals surface area contributed by atoms with Crippen molar-refractivity contribution in [1.82, 2.24) is 54.7 Å². The SMILES string of the molecule is Cc1ncsc1-c1ccc(CNC(=O)[C@@H]2C[C@@H](O)CN2C(=O)[C@@H](NC(=O)COc2cnc(N3CC[C@H](N(C)CC(=O)Nc4cn5cc(-c6cncc(N(C)C(=O)OC(C)C)c6)ncc5n4)C3)nc2)C(C)(C)C)cc1. The number of β-amino-alcohol motifs (C(OH)–C–C–N with tert-alkyl or cyclic N) is 1. The molecule has 23 heteroatoms. The minimum Gasteiger partial charge on any atom is -0.481 e. The van der Waals surface area contributed by atoms with E-state index in [2.05, 4.69) is 45.9 Å². The Balaban J connectivity index is 0.787. The molecule has 4 atom stereocenters. The normalized spacial score (nSPS) is 17.1. The number of ether oxygens (including phenoxy) is 2. The van der Waals surface area contributed by atoms with Gasteiger partial charge < -0.3 is 44.7 Å². The molecular formula is C51H62N14O8S. The zero-order valence-corrected chi connectivity index (χ0v) is 43.5. The molecule has 390 valence electrons. The number of imidazole rings is 1. The number of nitrogens with one attached hydrogen (secondary N) is 3. The smallest absolute Gasteiger partial charge is 0.414 e. The van der Waals surface area contributed by atoms with Crippen molar-refractivity contribution in [3.63, 3.8) is 0 Å². The van der Waals surface area contributed by atoms with Gasteiger partial charge in [0, 0.05) is 63.6 Å². The van der Waals surface area contributed by atoms with E-state index in [0.29, 0.717) is 47.4 Å². The number of likely N-dealkylation sites (N-methyl/N-ethyl adjacent to an activating group) is 1. The average Bonchev–Trinajstić information content (AvgIpc) is 4.20. The van der Waals surface area contributed by atoms with Crippen LogP contribution in [0, 0.1) is 12.3 Å². The topological polar surface area (TPSA) is 255 Å². The van der Waals surface area contributed by atoms with Crippen molar-refractivity contribution in [3.05, 3.63) is 90.5 Å². The lowest BCUT2D eigenvalue weighted by Gasteiger charge is -2.35. The zero-order valence-electron chi connectivity index (χ0n) is 42.7. The summed E-state index contributed by atoms with van der Waals surface area (Å²) in [6.07, 6.45) is 10.4. The van der Waals surface area contributed by atoms with E-state index < -0.39 is 54.0 Å². The molecule has 0 unspecified atom stereocenters. The summed E-state index contributed by atoms with van der Waals surface area (Å²) in [6, 6.07) is 7.70. The third-order valence-electron chi connectivity index (χ3n) is 12.8. The van der Waals surface area contributed by atoms with Crippen molar-refractivity contribution in [1.29, 1.82) is 0 Å². The van der Waals surface area contributed by atoms with Gasteiger partial charge in [0.2, 0.25) is 23.7 Å². The van der Waals surface area contributed by atoms with Crippen molar-refractivity contribution in [2.24, 2.45) is 5.41 Å². The van der Waals surface area contributed by atoms with Crippen molar-refractivity contribution in [2.75, 3.05) is 62.0 Å². The Hall–Kier alpha value is -7.63. The lowest BCUT2D eigenvalue weighted by Crippen LogP contribution is -2.58. The van der Waals surface area contributed by atoms with Crippen LogP contribution in [0.3, 0.4) is 0 Å². The van der Waals surface area contributed by atoms with Crippen LogP contribution in [-0.2, 0) is 30.5 Å². The highest BCUT2D eigenvalue weighted by molar-refractivity contribution is 7.13. The molecule has 1 aromatic carbocycles. The maximum atomic E-state index is 14.1. The standard InChI is InChI=1S/C51H62N14O8S/c1-30(2)73-50(71)62(8)36-15-34(18-52-19-36)39-25-64-26-41(58-42(64)22-53-39)59-43(67)27-61(7)35-13-14-63(23-35)49-55-20-38(21-56-49)72-28-44(68)60-46(51(4,5)6)48(70)65-24-37(66)16-40(65)47(69)54-17-32-9-11-33(12-10-32)45-31(3)57-29-74-45/h9-12,15,18-22,25-26,29-30,35,37,40,46,66H,13-14,16-17,23-24,27-28H2,1-8H3,(H,54,69)(H,59,67)(H,60,68)/t35-,37+,40-,46+/m0/s1. The van der Waals surface area contributed by atoms with E-state index in [1.54, 1.807) is 79.2 Å². The van der Waals surface area contributed by atoms with E-state index in [1.807, 2.05) is 68.8 Å². The third kappa shape index (κ3) is 12.8. The van der Waals surface area contributed by atoms with E-state index >= 15 is 0 Å². The number of carbonyl (C=O) groups excluding carboxylic acids is 5. The Morgan fingerprint density at radius 3 is 2.39 bits per heavy atom. The molecule has 2 fully saturated rings. The monoisotopic (exact) mass is 1030 g/mol. The quantitative estimate of drug-likeness (QED) is 0.0992. The van der Waals surface area contributed by atoms with Gasteiger partial charge in [0.05, 0.1) is 77.2 Å². The van der Waals surface area contributed by atoms with Crippen LogP contribution >= 0.6 is 11.3 Å².